The van der Waals surface area contributed by atoms with Crippen LogP contribution in [0.5, 0.6) is 0 Å². The summed E-state index contributed by atoms with van der Waals surface area (Å²) in [6, 6.07) is 22.5. The number of rotatable bonds is 5. The van der Waals surface area contributed by atoms with Crippen molar-refractivity contribution in [3.05, 3.63) is 78.5 Å². The van der Waals surface area contributed by atoms with Crippen molar-refractivity contribution < 1.29 is 4.42 Å². The van der Waals surface area contributed by atoms with E-state index in [4.69, 9.17) is 4.42 Å². The molecular weight excluding hydrogens is 284 g/mol. The zero-order valence-corrected chi connectivity index (χ0v) is 12.8. The molecule has 2 N–H and O–H groups in total. The number of aromatic amines is 1. The highest BCUT2D eigenvalue weighted by Gasteiger charge is 2.05. The van der Waals surface area contributed by atoms with E-state index in [9.17, 15) is 0 Å². The van der Waals surface area contributed by atoms with Gasteiger partial charge in [0.2, 0.25) is 0 Å². The Morgan fingerprint density at radius 1 is 0.870 bits per heavy atom. The highest BCUT2D eigenvalue weighted by atomic mass is 16.4. The summed E-state index contributed by atoms with van der Waals surface area (Å²) in [5, 5.41) is 4.65. The van der Waals surface area contributed by atoms with Gasteiger partial charge >= 0.3 is 0 Å². The Morgan fingerprint density at radius 2 is 1.70 bits per heavy atom. The topological polar surface area (TPSA) is 41.0 Å². The molecule has 0 radical (unpaired) electrons. The first kappa shape index (κ1) is 13.7. The van der Waals surface area contributed by atoms with Crippen LogP contribution in [-0.2, 0) is 6.42 Å². The number of aromatic nitrogens is 1. The summed E-state index contributed by atoms with van der Waals surface area (Å²) in [4.78, 5) is 3.31. The van der Waals surface area contributed by atoms with E-state index in [1.807, 2.05) is 30.3 Å². The largest absolute Gasteiger partial charge is 0.441 e. The van der Waals surface area contributed by atoms with Gasteiger partial charge in [-0.25, -0.2) is 0 Å². The van der Waals surface area contributed by atoms with Crippen LogP contribution in [0.3, 0.4) is 0 Å². The number of H-pyrrole nitrogens is 1. The van der Waals surface area contributed by atoms with Crippen LogP contribution in [0.1, 0.15) is 5.56 Å². The van der Waals surface area contributed by atoms with E-state index in [1.165, 1.54) is 16.5 Å². The Kier molecular flexibility index (Phi) is 3.60. The van der Waals surface area contributed by atoms with Gasteiger partial charge in [0.15, 0.2) is 5.88 Å². The van der Waals surface area contributed by atoms with Crippen molar-refractivity contribution >= 4 is 16.8 Å². The van der Waals surface area contributed by atoms with Gasteiger partial charge in [-0.2, -0.15) is 0 Å². The Bertz CT molecular complexity index is 905. The highest BCUT2D eigenvalue weighted by molar-refractivity contribution is 5.83. The maximum Gasteiger partial charge on any atom is 0.193 e. The van der Waals surface area contributed by atoms with Gasteiger partial charge in [0.1, 0.15) is 5.76 Å². The molecule has 4 rings (SSSR count). The van der Waals surface area contributed by atoms with Gasteiger partial charge in [0.25, 0.3) is 0 Å². The van der Waals surface area contributed by atoms with E-state index in [1.54, 1.807) is 0 Å². The van der Waals surface area contributed by atoms with Crippen LogP contribution in [0.25, 0.3) is 22.2 Å². The van der Waals surface area contributed by atoms with E-state index in [2.05, 4.69) is 52.9 Å². The SMILES string of the molecule is c1ccc(-c2ccc(NCCc3c[nH]c4ccccc34)o2)cc1. The number of benzene rings is 2. The molecule has 0 saturated heterocycles. The molecule has 23 heavy (non-hydrogen) atoms. The minimum Gasteiger partial charge on any atom is -0.441 e. The average Bonchev–Trinajstić information content (AvgIpc) is 3.23. The summed E-state index contributed by atoms with van der Waals surface area (Å²) in [5.74, 6) is 1.70. The summed E-state index contributed by atoms with van der Waals surface area (Å²) in [7, 11) is 0. The molecule has 4 aromatic rings. The second-order valence-electron chi connectivity index (χ2n) is 5.57. The van der Waals surface area contributed by atoms with Crippen molar-refractivity contribution in [3.8, 4) is 11.3 Å². The van der Waals surface area contributed by atoms with Crippen LogP contribution in [0.2, 0.25) is 0 Å². The molecule has 114 valence electrons. The number of anilines is 1. The van der Waals surface area contributed by atoms with Gasteiger partial charge in [0.05, 0.1) is 0 Å². The second kappa shape index (κ2) is 6.05. The normalized spacial score (nSPS) is 11.0. The molecule has 0 amide bonds. The molecule has 0 atom stereocenters. The summed E-state index contributed by atoms with van der Waals surface area (Å²) >= 11 is 0. The van der Waals surface area contributed by atoms with Gasteiger partial charge in [-0.3, -0.25) is 0 Å². The molecule has 0 aliphatic heterocycles. The molecular formula is C20H18N2O. The summed E-state index contributed by atoms with van der Waals surface area (Å²) < 4.78 is 5.86. The first-order valence-electron chi connectivity index (χ1n) is 7.84. The van der Waals surface area contributed by atoms with Gasteiger partial charge in [0, 0.05) is 35.3 Å². The predicted octanol–water partition coefficient (Wildman–Crippen LogP) is 5.08. The van der Waals surface area contributed by atoms with Gasteiger partial charge in [-0.1, -0.05) is 48.5 Å². The standard InChI is InChI=1S/C20H18N2O/c1-2-6-15(7-3-1)19-10-11-20(23-19)21-13-12-16-14-22-18-9-5-4-8-17(16)18/h1-11,14,21-22H,12-13H2. The van der Waals surface area contributed by atoms with Crippen molar-refractivity contribution in [1.29, 1.82) is 0 Å². The van der Waals surface area contributed by atoms with Crippen molar-refractivity contribution in [3.63, 3.8) is 0 Å². The van der Waals surface area contributed by atoms with Crippen LogP contribution >= 0.6 is 0 Å². The fourth-order valence-electron chi connectivity index (χ4n) is 2.85. The van der Waals surface area contributed by atoms with E-state index >= 15 is 0 Å². The van der Waals surface area contributed by atoms with Gasteiger partial charge in [-0.05, 0) is 24.1 Å². The summed E-state index contributed by atoms with van der Waals surface area (Å²) in [5.41, 5.74) is 3.60. The molecule has 0 saturated carbocycles. The monoisotopic (exact) mass is 302 g/mol. The third-order valence-electron chi connectivity index (χ3n) is 4.03. The third-order valence-corrected chi connectivity index (χ3v) is 4.03. The lowest BCUT2D eigenvalue weighted by Crippen LogP contribution is -2.03. The Morgan fingerprint density at radius 3 is 2.61 bits per heavy atom. The fraction of sp³-hybridized carbons (Fsp3) is 0.100. The van der Waals surface area contributed by atoms with Crippen molar-refractivity contribution in [2.75, 3.05) is 11.9 Å². The van der Waals surface area contributed by atoms with Crippen LogP contribution < -0.4 is 5.32 Å². The maximum absolute atomic E-state index is 5.86. The van der Waals surface area contributed by atoms with E-state index < -0.39 is 0 Å². The molecule has 0 aliphatic rings. The fourth-order valence-corrected chi connectivity index (χ4v) is 2.85. The van der Waals surface area contributed by atoms with Crippen LogP contribution in [0.15, 0.2) is 77.3 Å². The Balaban J connectivity index is 1.41. The molecule has 2 aromatic carbocycles. The molecule has 2 heterocycles. The predicted molar refractivity (Wildman–Crippen MR) is 94.6 cm³/mol. The second-order valence-corrected chi connectivity index (χ2v) is 5.57. The first-order chi connectivity index (χ1) is 11.4. The van der Waals surface area contributed by atoms with Crippen LogP contribution in [0.4, 0.5) is 5.88 Å². The number of nitrogens with one attached hydrogen (secondary N) is 2. The van der Waals surface area contributed by atoms with Crippen LogP contribution in [0, 0.1) is 0 Å². The van der Waals surface area contributed by atoms with Crippen molar-refractivity contribution in [2.45, 2.75) is 6.42 Å². The molecule has 0 fully saturated rings. The zero-order chi connectivity index (χ0) is 15.5. The van der Waals surface area contributed by atoms with Crippen LogP contribution in [-0.4, -0.2) is 11.5 Å². The van der Waals surface area contributed by atoms with Gasteiger partial charge < -0.3 is 14.7 Å². The van der Waals surface area contributed by atoms with Crippen molar-refractivity contribution in [2.24, 2.45) is 0 Å². The van der Waals surface area contributed by atoms with E-state index in [0.29, 0.717) is 0 Å². The minimum atomic E-state index is 0.809. The quantitative estimate of drug-likeness (QED) is 0.539. The summed E-state index contributed by atoms with van der Waals surface area (Å²) in [6.07, 6.45) is 3.04. The molecule has 2 aromatic heterocycles. The molecule has 0 aliphatic carbocycles. The Labute approximate surface area is 135 Å². The molecule has 3 heteroatoms. The molecule has 0 spiro atoms. The number of fused-ring (bicyclic) bond motifs is 1. The Hall–Kier alpha value is -2.94. The van der Waals surface area contributed by atoms with Crippen molar-refractivity contribution in [1.82, 2.24) is 4.98 Å². The molecule has 0 unspecified atom stereocenters. The lowest BCUT2D eigenvalue weighted by atomic mass is 10.1. The maximum atomic E-state index is 5.86. The molecule has 3 nitrogen and oxygen atoms in total. The third kappa shape index (κ3) is 2.86. The first-order valence-corrected chi connectivity index (χ1v) is 7.84. The highest BCUT2D eigenvalue weighted by Crippen LogP contribution is 2.24. The van der Waals surface area contributed by atoms with E-state index in [-0.39, 0.29) is 0 Å². The van der Waals surface area contributed by atoms with Gasteiger partial charge in [-0.15, -0.1) is 0 Å². The zero-order valence-electron chi connectivity index (χ0n) is 12.8. The smallest absolute Gasteiger partial charge is 0.193 e. The number of hydrogen-bond acceptors (Lipinski definition) is 2. The lowest BCUT2D eigenvalue weighted by molar-refractivity contribution is 0.593. The minimum absolute atomic E-state index is 0.809. The number of hydrogen-bond donors (Lipinski definition) is 2. The van der Waals surface area contributed by atoms with E-state index in [0.717, 1.165) is 30.2 Å². The summed E-state index contributed by atoms with van der Waals surface area (Å²) in [6.45, 7) is 0.837. The molecule has 0 bridgehead atoms. The number of para-hydroxylation sites is 1. The average molecular weight is 302 g/mol. The lowest BCUT2D eigenvalue weighted by Gasteiger charge is -2.03. The number of furan rings is 1.